The van der Waals surface area contributed by atoms with E-state index in [0.717, 1.165) is 16.3 Å². The summed E-state index contributed by atoms with van der Waals surface area (Å²) >= 11 is 3.38. The number of anilines is 1. The molecule has 0 saturated carbocycles. The van der Waals surface area contributed by atoms with Gasteiger partial charge in [0.05, 0.1) is 16.4 Å². The molecular weight excluding hydrogens is 342 g/mol. The van der Waals surface area contributed by atoms with Crippen LogP contribution in [-0.4, -0.2) is 14.7 Å². The lowest BCUT2D eigenvalue weighted by Crippen LogP contribution is -2.09. The zero-order valence-corrected chi connectivity index (χ0v) is 13.2. The van der Waals surface area contributed by atoms with Crippen LogP contribution < -0.4 is 9.46 Å². The van der Waals surface area contributed by atoms with E-state index in [-0.39, 0.29) is 0 Å². The van der Waals surface area contributed by atoms with Crippen molar-refractivity contribution in [1.82, 2.24) is 0 Å². The van der Waals surface area contributed by atoms with Crippen LogP contribution in [0.1, 0.15) is 5.56 Å². The average Bonchev–Trinajstić information content (AvgIpc) is 2.39. The largest absolute Gasteiger partial charge is 0.488 e. The van der Waals surface area contributed by atoms with Crippen LogP contribution in [0.25, 0.3) is 0 Å². The number of halogens is 1. The zero-order chi connectivity index (χ0) is 14.6. The summed E-state index contributed by atoms with van der Waals surface area (Å²) in [5.41, 5.74) is 1.51. The molecule has 0 bridgehead atoms. The highest BCUT2D eigenvalue weighted by atomic mass is 79.9. The quantitative estimate of drug-likeness (QED) is 0.893. The van der Waals surface area contributed by atoms with E-state index in [9.17, 15) is 8.42 Å². The number of hydrogen-bond donors (Lipinski definition) is 1. The summed E-state index contributed by atoms with van der Waals surface area (Å²) in [6.07, 6.45) is 1.11. The minimum atomic E-state index is -3.29. The van der Waals surface area contributed by atoms with Gasteiger partial charge in [-0.25, -0.2) is 8.42 Å². The van der Waals surface area contributed by atoms with E-state index in [4.69, 9.17) is 4.74 Å². The van der Waals surface area contributed by atoms with Crippen molar-refractivity contribution in [1.29, 1.82) is 0 Å². The van der Waals surface area contributed by atoms with Gasteiger partial charge >= 0.3 is 0 Å². The second kappa shape index (κ2) is 6.28. The van der Waals surface area contributed by atoms with E-state index < -0.39 is 10.0 Å². The Labute approximate surface area is 127 Å². The smallest absolute Gasteiger partial charge is 0.229 e. The van der Waals surface area contributed by atoms with E-state index in [0.29, 0.717) is 18.0 Å². The Morgan fingerprint density at radius 3 is 2.50 bits per heavy atom. The van der Waals surface area contributed by atoms with Gasteiger partial charge in [0.15, 0.2) is 0 Å². The zero-order valence-electron chi connectivity index (χ0n) is 10.8. The standard InChI is InChI=1S/C14H14BrNO3S/c1-20(17,18)16-12-7-8-13(15)14(9-12)19-10-11-5-3-2-4-6-11/h2-9,16H,10H2,1H3. The van der Waals surface area contributed by atoms with Crippen molar-refractivity contribution < 1.29 is 13.2 Å². The molecule has 0 radical (unpaired) electrons. The van der Waals surface area contributed by atoms with Gasteiger partial charge in [-0.1, -0.05) is 30.3 Å². The van der Waals surface area contributed by atoms with Gasteiger partial charge in [0.1, 0.15) is 12.4 Å². The van der Waals surface area contributed by atoms with Crippen LogP contribution in [0.15, 0.2) is 53.0 Å². The van der Waals surface area contributed by atoms with E-state index in [1.54, 1.807) is 18.2 Å². The maximum atomic E-state index is 11.2. The third-order valence-corrected chi connectivity index (χ3v) is 3.73. The fourth-order valence-electron chi connectivity index (χ4n) is 1.63. The number of rotatable bonds is 5. The molecule has 4 nitrogen and oxygen atoms in total. The van der Waals surface area contributed by atoms with Crippen molar-refractivity contribution in [2.45, 2.75) is 6.61 Å². The topological polar surface area (TPSA) is 55.4 Å². The Balaban J connectivity index is 2.13. The van der Waals surface area contributed by atoms with Crippen molar-refractivity contribution in [3.63, 3.8) is 0 Å². The average molecular weight is 356 g/mol. The Morgan fingerprint density at radius 2 is 1.85 bits per heavy atom. The van der Waals surface area contributed by atoms with E-state index in [2.05, 4.69) is 20.7 Å². The van der Waals surface area contributed by atoms with Gasteiger partial charge in [-0.3, -0.25) is 4.72 Å². The fraction of sp³-hybridized carbons (Fsp3) is 0.143. The van der Waals surface area contributed by atoms with E-state index in [1.807, 2.05) is 30.3 Å². The number of nitrogens with one attached hydrogen (secondary N) is 1. The van der Waals surface area contributed by atoms with E-state index in [1.165, 1.54) is 0 Å². The van der Waals surface area contributed by atoms with Crippen molar-refractivity contribution in [2.24, 2.45) is 0 Å². The Hall–Kier alpha value is -1.53. The van der Waals surface area contributed by atoms with Crippen LogP contribution in [0, 0.1) is 0 Å². The molecule has 2 aromatic carbocycles. The maximum absolute atomic E-state index is 11.2. The molecular formula is C14H14BrNO3S. The van der Waals surface area contributed by atoms with E-state index >= 15 is 0 Å². The van der Waals surface area contributed by atoms with Crippen LogP contribution in [0.5, 0.6) is 5.75 Å². The summed E-state index contributed by atoms with van der Waals surface area (Å²) in [7, 11) is -3.29. The van der Waals surface area contributed by atoms with Gasteiger partial charge in [-0.15, -0.1) is 0 Å². The van der Waals surface area contributed by atoms with Crippen molar-refractivity contribution in [3.8, 4) is 5.75 Å². The minimum Gasteiger partial charge on any atom is -0.488 e. The van der Waals surface area contributed by atoms with Crippen molar-refractivity contribution in [2.75, 3.05) is 11.0 Å². The predicted molar refractivity (Wildman–Crippen MR) is 83.4 cm³/mol. The molecule has 0 amide bonds. The molecule has 0 aliphatic heterocycles. The number of hydrogen-bond acceptors (Lipinski definition) is 3. The molecule has 0 spiro atoms. The lowest BCUT2D eigenvalue weighted by molar-refractivity contribution is 0.304. The first-order valence-electron chi connectivity index (χ1n) is 5.88. The molecule has 2 aromatic rings. The van der Waals surface area contributed by atoms with Crippen LogP contribution >= 0.6 is 15.9 Å². The highest BCUT2D eigenvalue weighted by Crippen LogP contribution is 2.29. The summed E-state index contributed by atoms with van der Waals surface area (Å²) in [6, 6.07) is 14.8. The summed E-state index contributed by atoms with van der Waals surface area (Å²) in [4.78, 5) is 0. The molecule has 6 heteroatoms. The molecule has 106 valence electrons. The number of sulfonamides is 1. The third-order valence-electron chi connectivity index (χ3n) is 2.47. The highest BCUT2D eigenvalue weighted by Gasteiger charge is 2.07. The first-order chi connectivity index (χ1) is 9.44. The van der Waals surface area contributed by atoms with Gasteiger partial charge in [0.25, 0.3) is 0 Å². The SMILES string of the molecule is CS(=O)(=O)Nc1ccc(Br)c(OCc2ccccc2)c1. The van der Waals surface area contributed by atoms with Crippen LogP contribution in [0.2, 0.25) is 0 Å². The van der Waals surface area contributed by atoms with Gasteiger partial charge in [-0.2, -0.15) is 0 Å². The maximum Gasteiger partial charge on any atom is 0.229 e. The second-order valence-electron chi connectivity index (χ2n) is 4.29. The first kappa shape index (κ1) is 14.9. The molecule has 0 aromatic heterocycles. The molecule has 0 atom stereocenters. The predicted octanol–water partition coefficient (Wildman–Crippen LogP) is 3.40. The number of ether oxygens (including phenoxy) is 1. The minimum absolute atomic E-state index is 0.418. The van der Waals surface area contributed by atoms with Crippen LogP contribution in [-0.2, 0) is 16.6 Å². The van der Waals surface area contributed by atoms with Crippen molar-refractivity contribution >= 4 is 31.6 Å². The summed E-state index contributed by atoms with van der Waals surface area (Å²) in [5.74, 6) is 0.586. The lowest BCUT2D eigenvalue weighted by atomic mass is 10.2. The summed E-state index contributed by atoms with van der Waals surface area (Å²) in [6.45, 7) is 0.418. The normalized spacial score (nSPS) is 11.1. The molecule has 0 unspecified atom stereocenters. The monoisotopic (exact) mass is 355 g/mol. The molecule has 1 N–H and O–H groups in total. The summed E-state index contributed by atoms with van der Waals surface area (Å²) < 4.78 is 31.3. The highest BCUT2D eigenvalue weighted by molar-refractivity contribution is 9.10. The Bertz CT molecular complexity index is 687. The molecule has 0 aliphatic rings. The molecule has 0 aliphatic carbocycles. The molecule has 20 heavy (non-hydrogen) atoms. The fourth-order valence-corrected chi connectivity index (χ4v) is 2.54. The second-order valence-corrected chi connectivity index (χ2v) is 6.90. The summed E-state index contributed by atoms with van der Waals surface area (Å²) in [5, 5.41) is 0. The molecule has 0 saturated heterocycles. The van der Waals surface area contributed by atoms with Gasteiger partial charge in [-0.05, 0) is 33.6 Å². The first-order valence-corrected chi connectivity index (χ1v) is 8.56. The van der Waals surface area contributed by atoms with Gasteiger partial charge in [0.2, 0.25) is 10.0 Å². The van der Waals surface area contributed by atoms with Crippen molar-refractivity contribution in [3.05, 3.63) is 58.6 Å². The van der Waals surface area contributed by atoms with Gasteiger partial charge in [0, 0.05) is 6.07 Å². The van der Waals surface area contributed by atoms with Gasteiger partial charge < -0.3 is 4.74 Å². The number of benzene rings is 2. The molecule has 0 fully saturated rings. The molecule has 2 rings (SSSR count). The molecule has 0 heterocycles. The Kier molecular flexibility index (Phi) is 4.67. The lowest BCUT2D eigenvalue weighted by Gasteiger charge is -2.11. The van der Waals surface area contributed by atoms with Crippen LogP contribution in [0.3, 0.4) is 0 Å². The third kappa shape index (κ3) is 4.54. The Morgan fingerprint density at radius 1 is 1.15 bits per heavy atom. The van der Waals surface area contributed by atoms with Crippen LogP contribution in [0.4, 0.5) is 5.69 Å².